The van der Waals surface area contributed by atoms with Gasteiger partial charge in [-0.05, 0) is 42.5 Å². The molecular weight excluding hydrogens is 395 g/mol. The molecule has 3 atom stereocenters. The molecule has 30 heavy (non-hydrogen) atoms. The van der Waals surface area contributed by atoms with Crippen LogP contribution in [0.15, 0.2) is 54.9 Å². The molecule has 8 heteroatoms. The number of carbonyl (C=O) groups is 1. The Kier molecular flexibility index (Phi) is 5.32. The zero-order valence-electron chi connectivity index (χ0n) is 16.2. The number of ether oxygens (including phenoxy) is 1. The quantitative estimate of drug-likeness (QED) is 0.642. The third-order valence-electron chi connectivity index (χ3n) is 5.17. The van der Waals surface area contributed by atoms with Gasteiger partial charge in [0.2, 0.25) is 11.8 Å². The number of carbonyl (C=O) groups excluding carboxylic acids is 1. The third-order valence-corrected chi connectivity index (χ3v) is 5.17. The Morgan fingerprint density at radius 3 is 2.73 bits per heavy atom. The van der Waals surface area contributed by atoms with Crippen LogP contribution in [0.25, 0.3) is 10.9 Å². The van der Waals surface area contributed by atoms with Crippen molar-refractivity contribution in [1.82, 2.24) is 15.3 Å². The minimum Gasteiger partial charge on any atom is -0.468 e. The molecule has 0 spiro atoms. The van der Waals surface area contributed by atoms with Crippen LogP contribution in [0.1, 0.15) is 36.4 Å². The highest BCUT2D eigenvalue weighted by molar-refractivity contribution is 5.84. The summed E-state index contributed by atoms with van der Waals surface area (Å²) in [6.45, 7) is 0.415. The van der Waals surface area contributed by atoms with Gasteiger partial charge in [0.1, 0.15) is 0 Å². The molecule has 0 saturated heterocycles. The predicted octanol–water partition coefficient (Wildman–Crippen LogP) is 4.55. The minimum atomic E-state index is -4.41. The number of pyridine rings is 2. The first kappa shape index (κ1) is 20.1. The van der Waals surface area contributed by atoms with E-state index in [2.05, 4.69) is 26.1 Å². The van der Waals surface area contributed by atoms with Crippen LogP contribution in [0.2, 0.25) is 0 Å². The van der Waals surface area contributed by atoms with E-state index in [1.165, 1.54) is 12.3 Å². The van der Waals surface area contributed by atoms with E-state index in [0.29, 0.717) is 5.56 Å². The number of halogens is 3. The van der Waals surface area contributed by atoms with Gasteiger partial charge < -0.3 is 10.1 Å². The molecule has 2 heterocycles. The molecule has 3 aromatic rings. The van der Waals surface area contributed by atoms with Gasteiger partial charge in [0.25, 0.3) is 0 Å². The zero-order chi connectivity index (χ0) is 21.3. The molecule has 0 aliphatic heterocycles. The monoisotopic (exact) mass is 415 g/mol. The lowest BCUT2D eigenvalue weighted by atomic mass is 10.1. The average Bonchev–Trinajstić information content (AvgIpc) is 3.53. The van der Waals surface area contributed by atoms with Crippen LogP contribution < -0.4 is 10.1 Å². The van der Waals surface area contributed by atoms with Crippen molar-refractivity contribution in [2.24, 2.45) is 5.92 Å². The predicted molar refractivity (Wildman–Crippen MR) is 105 cm³/mol. The second-order valence-corrected chi connectivity index (χ2v) is 7.47. The van der Waals surface area contributed by atoms with E-state index in [0.717, 1.165) is 22.9 Å². The van der Waals surface area contributed by atoms with Gasteiger partial charge in [0.15, 0.2) is 6.61 Å². The topological polar surface area (TPSA) is 64.1 Å². The largest absolute Gasteiger partial charge is 0.468 e. The van der Waals surface area contributed by atoms with E-state index in [-0.39, 0.29) is 29.7 Å². The van der Waals surface area contributed by atoms with E-state index in [9.17, 15) is 18.0 Å². The summed E-state index contributed by atoms with van der Waals surface area (Å²) in [5.74, 6) is -0.137. The Balaban J connectivity index is 1.33. The summed E-state index contributed by atoms with van der Waals surface area (Å²) in [4.78, 5) is 21.0. The van der Waals surface area contributed by atoms with Gasteiger partial charge in [0.05, 0.1) is 11.6 Å². The number of aromatic nitrogens is 2. The highest BCUT2D eigenvalue weighted by Crippen LogP contribution is 2.48. The second-order valence-electron chi connectivity index (χ2n) is 7.47. The van der Waals surface area contributed by atoms with Crippen molar-refractivity contribution >= 4 is 16.8 Å². The molecule has 1 amide bonds. The number of nitrogens with zero attached hydrogens (tertiary/aromatic N) is 2. The lowest BCUT2D eigenvalue weighted by Crippen LogP contribution is -2.28. The van der Waals surface area contributed by atoms with Crippen molar-refractivity contribution in [2.75, 3.05) is 6.61 Å². The summed E-state index contributed by atoms with van der Waals surface area (Å²) in [6.07, 6.45) is -0.411. The maximum Gasteiger partial charge on any atom is 0.422 e. The number of fused-ring (bicyclic) bond motifs is 1. The lowest BCUT2D eigenvalue weighted by molar-refractivity contribution is -0.154. The summed E-state index contributed by atoms with van der Waals surface area (Å²) in [7, 11) is 0. The Bertz CT molecular complexity index is 1050. The molecule has 1 aliphatic carbocycles. The van der Waals surface area contributed by atoms with E-state index in [4.69, 9.17) is 0 Å². The lowest BCUT2D eigenvalue weighted by Gasteiger charge is -2.15. The van der Waals surface area contributed by atoms with Gasteiger partial charge in [-0.1, -0.05) is 24.3 Å². The van der Waals surface area contributed by atoms with Crippen molar-refractivity contribution < 1.29 is 22.7 Å². The maximum absolute atomic E-state index is 12.6. The number of nitrogens with one attached hydrogen (secondary N) is 1. The normalized spacial score (nSPS) is 19.3. The number of amides is 1. The summed E-state index contributed by atoms with van der Waals surface area (Å²) < 4.78 is 41.2. The van der Waals surface area contributed by atoms with Gasteiger partial charge >= 0.3 is 6.18 Å². The number of para-hydroxylation sites is 1. The SMILES string of the molecule is CC(NC(=O)C1CC1c1cnc2ccccc2c1)c1ccc(OCC(F)(F)F)nc1. The Labute approximate surface area is 171 Å². The number of hydrogen-bond acceptors (Lipinski definition) is 4. The van der Waals surface area contributed by atoms with E-state index < -0.39 is 12.8 Å². The first-order chi connectivity index (χ1) is 14.3. The summed E-state index contributed by atoms with van der Waals surface area (Å²) in [5, 5.41) is 4.00. The van der Waals surface area contributed by atoms with Crippen molar-refractivity contribution in [3.05, 3.63) is 66.0 Å². The van der Waals surface area contributed by atoms with Crippen molar-refractivity contribution in [1.29, 1.82) is 0 Å². The molecule has 5 nitrogen and oxygen atoms in total. The second kappa shape index (κ2) is 7.93. The molecule has 1 fully saturated rings. The Morgan fingerprint density at radius 2 is 2.00 bits per heavy atom. The fourth-order valence-corrected chi connectivity index (χ4v) is 3.44. The number of alkyl halides is 3. The van der Waals surface area contributed by atoms with Crippen LogP contribution in [0, 0.1) is 5.92 Å². The van der Waals surface area contributed by atoms with Crippen LogP contribution in [-0.4, -0.2) is 28.7 Å². The number of benzene rings is 1. The van der Waals surface area contributed by atoms with Crippen LogP contribution >= 0.6 is 0 Å². The summed E-state index contributed by atoms with van der Waals surface area (Å²) in [6, 6.07) is 12.6. The van der Waals surface area contributed by atoms with Gasteiger partial charge in [-0.25, -0.2) is 4.98 Å². The van der Waals surface area contributed by atoms with E-state index >= 15 is 0 Å². The molecule has 2 aromatic heterocycles. The van der Waals surface area contributed by atoms with E-state index in [1.54, 1.807) is 13.0 Å². The smallest absolute Gasteiger partial charge is 0.422 e. The molecule has 0 bridgehead atoms. The zero-order valence-corrected chi connectivity index (χ0v) is 16.2. The van der Waals surface area contributed by atoms with Crippen LogP contribution in [-0.2, 0) is 4.79 Å². The van der Waals surface area contributed by atoms with Crippen molar-refractivity contribution in [2.45, 2.75) is 31.5 Å². The third kappa shape index (κ3) is 4.69. The molecule has 1 N–H and O–H groups in total. The number of hydrogen-bond donors (Lipinski definition) is 1. The fourth-order valence-electron chi connectivity index (χ4n) is 3.44. The molecule has 1 aliphatic rings. The number of rotatable bonds is 6. The van der Waals surface area contributed by atoms with Crippen LogP contribution in [0.4, 0.5) is 13.2 Å². The van der Waals surface area contributed by atoms with Gasteiger partial charge in [0, 0.05) is 29.8 Å². The minimum absolute atomic E-state index is 0.0574. The Hall–Kier alpha value is -3.16. The van der Waals surface area contributed by atoms with Crippen molar-refractivity contribution in [3.63, 3.8) is 0 Å². The summed E-state index contributed by atoms with van der Waals surface area (Å²) >= 11 is 0. The molecule has 156 valence electrons. The maximum atomic E-state index is 12.6. The molecule has 1 aromatic carbocycles. The van der Waals surface area contributed by atoms with Gasteiger partial charge in [-0.2, -0.15) is 13.2 Å². The summed E-state index contributed by atoms with van der Waals surface area (Å²) in [5.41, 5.74) is 2.66. The highest BCUT2D eigenvalue weighted by atomic mass is 19.4. The van der Waals surface area contributed by atoms with Gasteiger partial charge in [-0.15, -0.1) is 0 Å². The molecule has 3 unspecified atom stereocenters. The van der Waals surface area contributed by atoms with Crippen LogP contribution in [0.5, 0.6) is 5.88 Å². The fraction of sp³-hybridized carbons (Fsp3) is 0.318. The molecule has 0 radical (unpaired) electrons. The Morgan fingerprint density at radius 1 is 1.20 bits per heavy atom. The highest BCUT2D eigenvalue weighted by Gasteiger charge is 2.44. The van der Waals surface area contributed by atoms with Gasteiger partial charge in [-0.3, -0.25) is 9.78 Å². The molecule has 1 saturated carbocycles. The van der Waals surface area contributed by atoms with Crippen molar-refractivity contribution in [3.8, 4) is 5.88 Å². The first-order valence-electron chi connectivity index (χ1n) is 9.61. The standard InChI is InChI=1S/C22H20F3N3O2/c1-13(15-6-7-20(27-10-15)30-12-22(23,24)25)28-21(29)18-9-17(18)16-8-14-4-2-3-5-19(14)26-11-16/h2-8,10-11,13,17-18H,9,12H2,1H3,(H,28,29). The first-order valence-corrected chi connectivity index (χ1v) is 9.61. The average molecular weight is 415 g/mol. The van der Waals surface area contributed by atoms with E-state index in [1.807, 2.05) is 30.5 Å². The molecular formula is C22H20F3N3O2. The van der Waals surface area contributed by atoms with Crippen LogP contribution in [0.3, 0.4) is 0 Å². The molecule has 4 rings (SSSR count).